The monoisotopic (exact) mass is 590 g/mol. The SMILES string of the molecule is CCN(CC)C(=O)C1=C(C)N=c2s/c(=C/c3c(-c4ccccc4)[nH]c4c(C)cccc34)c(=O)n2[C@@H]1c1ccccc1OC. The van der Waals surface area contributed by atoms with Crippen LogP contribution in [0, 0.1) is 6.92 Å². The van der Waals surface area contributed by atoms with Crippen LogP contribution < -0.4 is 19.6 Å². The van der Waals surface area contributed by atoms with E-state index in [1.165, 1.54) is 11.3 Å². The summed E-state index contributed by atoms with van der Waals surface area (Å²) in [5.74, 6) is 0.481. The number of nitrogens with one attached hydrogen (secondary N) is 1. The summed E-state index contributed by atoms with van der Waals surface area (Å²) in [6.45, 7) is 8.95. The maximum absolute atomic E-state index is 14.4. The highest BCUT2D eigenvalue weighted by Gasteiger charge is 2.35. The number of fused-ring (bicyclic) bond motifs is 2. The zero-order valence-corrected chi connectivity index (χ0v) is 25.8. The van der Waals surface area contributed by atoms with Gasteiger partial charge in [-0.15, -0.1) is 0 Å². The van der Waals surface area contributed by atoms with E-state index in [0.717, 1.165) is 38.9 Å². The minimum absolute atomic E-state index is 0.130. The molecule has 3 aromatic carbocycles. The Balaban J connectivity index is 1.64. The van der Waals surface area contributed by atoms with Gasteiger partial charge < -0.3 is 14.6 Å². The van der Waals surface area contributed by atoms with Crippen molar-refractivity contribution in [1.82, 2.24) is 14.5 Å². The molecule has 43 heavy (non-hydrogen) atoms. The molecule has 8 heteroatoms. The second-order valence-electron chi connectivity index (χ2n) is 10.6. The number of thiazole rings is 1. The number of benzene rings is 3. The molecule has 5 aromatic rings. The van der Waals surface area contributed by atoms with Crippen LogP contribution in [0.5, 0.6) is 5.75 Å². The van der Waals surface area contributed by atoms with Crippen LogP contribution in [0.3, 0.4) is 0 Å². The van der Waals surface area contributed by atoms with Crippen LogP contribution in [0.2, 0.25) is 0 Å². The molecule has 6 rings (SSSR count). The number of ether oxygens (including phenoxy) is 1. The van der Waals surface area contributed by atoms with Gasteiger partial charge in [0.2, 0.25) is 0 Å². The molecule has 0 radical (unpaired) electrons. The summed E-state index contributed by atoms with van der Waals surface area (Å²) in [7, 11) is 1.61. The summed E-state index contributed by atoms with van der Waals surface area (Å²) < 4.78 is 7.96. The molecule has 0 saturated carbocycles. The predicted octanol–water partition coefficient (Wildman–Crippen LogP) is 5.57. The fourth-order valence-corrected chi connectivity index (χ4v) is 6.99. The maximum atomic E-state index is 14.4. The predicted molar refractivity (Wildman–Crippen MR) is 173 cm³/mol. The first-order chi connectivity index (χ1) is 20.9. The molecule has 0 aliphatic carbocycles. The molecule has 1 aliphatic heterocycles. The van der Waals surface area contributed by atoms with Gasteiger partial charge in [0, 0.05) is 35.1 Å². The highest BCUT2D eigenvalue weighted by Crippen LogP contribution is 2.36. The summed E-state index contributed by atoms with van der Waals surface area (Å²) in [6.07, 6.45) is 1.97. The third-order valence-electron chi connectivity index (χ3n) is 8.16. The number of aryl methyl sites for hydroxylation is 1. The minimum atomic E-state index is -0.679. The van der Waals surface area contributed by atoms with Crippen LogP contribution in [-0.2, 0) is 4.79 Å². The van der Waals surface area contributed by atoms with Gasteiger partial charge in [0.1, 0.15) is 11.8 Å². The lowest BCUT2D eigenvalue weighted by atomic mass is 9.94. The number of para-hydroxylation sites is 2. The molecule has 1 amide bonds. The first-order valence-electron chi connectivity index (χ1n) is 14.5. The van der Waals surface area contributed by atoms with E-state index in [1.807, 2.05) is 75.4 Å². The Morgan fingerprint density at radius 2 is 1.74 bits per heavy atom. The van der Waals surface area contributed by atoms with Gasteiger partial charge in [0.05, 0.1) is 28.6 Å². The average Bonchev–Trinajstić information content (AvgIpc) is 3.55. The van der Waals surface area contributed by atoms with Crippen molar-refractivity contribution in [2.45, 2.75) is 33.7 Å². The number of methoxy groups -OCH3 is 1. The molecule has 3 heterocycles. The van der Waals surface area contributed by atoms with E-state index >= 15 is 0 Å². The zero-order chi connectivity index (χ0) is 30.2. The van der Waals surface area contributed by atoms with Crippen LogP contribution in [0.4, 0.5) is 0 Å². The number of H-pyrrole nitrogens is 1. The Morgan fingerprint density at radius 3 is 2.47 bits per heavy atom. The van der Waals surface area contributed by atoms with E-state index in [-0.39, 0.29) is 11.5 Å². The summed E-state index contributed by atoms with van der Waals surface area (Å²) >= 11 is 1.34. The number of rotatable bonds is 7. The second-order valence-corrected chi connectivity index (χ2v) is 11.6. The molecule has 1 aliphatic rings. The molecule has 218 valence electrons. The molecule has 0 spiro atoms. The minimum Gasteiger partial charge on any atom is -0.496 e. The summed E-state index contributed by atoms with van der Waals surface area (Å²) in [5, 5.41) is 1.04. The van der Waals surface area contributed by atoms with Crippen LogP contribution in [-0.4, -0.2) is 40.6 Å². The van der Waals surface area contributed by atoms with Gasteiger partial charge in [-0.05, 0) is 51.0 Å². The Hall–Kier alpha value is -4.69. The van der Waals surface area contributed by atoms with Gasteiger partial charge in [-0.2, -0.15) is 0 Å². The molecule has 0 bridgehead atoms. The van der Waals surface area contributed by atoms with Crippen molar-refractivity contribution >= 4 is 34.2 Å². The number of hydrogen-bond donors (Lipinski definition) is 1. The second kappa shape index (κ2) is 11.5. The van der Waals surface area contributed by atoms with Crippen LogP contribution in [0.25, 0.3) is 28.2 Å². The number of allylic oxidation sites excluding steroid dienone is 1. The van der Waals surface area contributed by atoms with Crippen LogP contribution >= 0.6 is 11.3 Å². The lowest BCUT2D eigenvalue weighted by Crippen LogP contribution is -2.43. The summed E-state index contributed by atoms with van der Waals surface area (Å²) in [4.78, 5) is 39.2. The van der Waals surface area contributed by atoms with Crippen LogP contribution in [0.1, 0.15) is 43.5 Å². The molecule has 2 aromatic heterocycles. The fraction of sp³-hybridized carbons (Fsp3) is 0.229. The summed E-state index contributed by atoms with van der Waals surface area (Å²) in [6, 6.07) is 23.2. The number of carbonyl (C=O) groups is 1. The highest BCUT2D eigenvalue weighted by molar-refractivity contribution is 7.07. The zero-order valence-electron chi connectivity index (χ0n) is 25.0. The lowest BCUT2D eigenvalue weighted by Gasteiger charge is -2.29. The lowest BCUT2D eigenvalue weighted by molar-refractivity contribution is -0.127. The van der Waals surface area contributed by atoms with Crippen molar-refractivity contribution in [3.63, 3.8) is 0 Å². The first-order valence-corrected chi connectivity index (χ1v) is 15.3. The smallest absolute Gasteiger partial charge is 0.271 e. The summed E-state index contributed by atoms with van der Waals surface area (Å²) in [5.41, 5.74) is 6.73. The molecule has 0 saturated heterocycles. The standard InChI is InChI=1S/C35H34N4O3S/c1-6-38(7-2)34(41)29-22(4)36-35-39(32(29)25-17-11-12-19-27(25)42-5)33(40)28(43-35)20-26-24-18-13-14-21(3)30(24)37-31(26)23-15-9-8-10-16-23/h8-20,32,37H,6-7H2,1-5H3/b28-20+/t32-/m1/s1. The van der Waals surface area contributed by atoms with Gasteiger partial charge in [-0.25, -0.2) is 4.99 Å². The molecule has 7 nitrogen and oxygen atoms in total. The molecular formula is C35H34N4O3S. The van der Waals surface area contributed by atoms with Crippen molar-refractivity contribution in [1.29, 1.82) is 0 Å². The molecule has 0 unspecified atom stereocenters. The Kier molecular flexibility index (Phi) is 7.62. The van der Waals surface area contributed by atoms with E-state index < -0.39 is 6.04 Å². The van der Waals surface area contributed by atoms with Gasteiger partial charge in [0.15, 0.2) is 4.80 Å². The van der Waals surface area contributed by atoms with E-state index in [2.05, 4.69) is 36.2 Å². The number of nitrogens with zero attached hydrogens (tertiary/aromatic N) is 3. The van der Waals surface area contributed by atoms with Gasteiger partial charge >= 0.3 is 0 Å². The van der Waals surface area contributed by atoms with E-state index in [9.17, 15) is 9.59 Å². The number of carbonyl (C=O) groups excluding carboxylic acids is 1. The number of likely N-dealkylation sites (N-methyl/N-ethyl adjacent to an activating group) is 1. The molecule has 0 fully saturated rings. The fourth-order valence-electron chi connectivity index (χ4n) is 5.96. The van der Waals surface area contributed by atoms with Gasteiger partial charge in [-0.1, -0.05) is 78.1 Å². The number of aromatic nitrogens is 2. The van der Waals surface area contributed by atoms with Crippen molar-refractivity contribution in [2.24, 2.45) is 4.99 Å². The van der Waals surface area contributed by atoms with E-state index in [0.29, 0.717) is 39.4 Å². The largest absolute Gasteiger partial charge is 0.496 e. The van der Waals surface area contributed by atoms with Gasteiger partial charge in [0.25, 0.3) is 11.5 Å². The third kappa shape index (κ3) is 4.81. The first kappa shape index (κ1) is 28.4. The van der Waals surface area contributed by atoms with Crippen molar-refractivity contribution < 1.29 is 9.53 Å². The molecule has 1 atom stereocenters. The number of aromatic amines is 1. The van der Waals surface area contributed by atoms with Crippen LogP contribution in [0.15, 0.2) is 93.9 Å². The van der Waals surface area contributed by atoms with Crippen molar-refractivity contribution in [3.8, 4) is 17.0 Å². The highest BCUT2D eigenvalue weighted by atomic mass is 32.1. The maximum Gasteiger partial charge on any atom is 0.271 e. The molecular weight excluding hydrogens is 556 g/mol. The quantitative estimate of drug-likeness (QED) is 0.269. The number of amides is 1. The van der Waals surface area contributed by atoms with E-state index in [4.69, 9.17) is 9.73 Å². The Morgan fingerprint density at radius 1 is 1.02 bits per heavy atom. The Labute approximate surface area is 254 Å². The van der Waals surface area contributed by atoms with E-state index in [1.54, 1.807) is 16.6 Å². The average molecular weight is 591 g/mol. The van der Waals surface area contributed by atoms with Crippen molar-refractivity contribution in [3.05, 3.63) is 120 Å². The van der Waals surface area contributed by atoms with Gasteiger partial charge in [-0.3, -0.25) is 14.2 Å². The normalized spacial score (nSPS) is 15.0. The van der Waals surface area contributed by atoms with Crippen molar-refractivity contribution in [2.75, 3.05) is 20.2 Å². The number of hydrogen-bond acceptors (Lipinski definition) is 5. The topological polar surface area (TPSA) is 79.7 Å². The Bertz CT molecular complexity index is 2060. The molecule has 1 N–H and O–H groups in total. The third-order valence-corrected chi connectivity index (χ3v) is 9.14.